The van der Waals surface area contributed by atoms with Crippen molar-refractivity contribution in [1.29, 1.82) is 0 Å². The van der Waals surface area contributed by atoms with Crippen LogP contribution in [0.15, 0.2) is 37.0 Å². The van der Waals surface area contributed by atoms with Crippen LogP contribution in [0.5, 0.6) is 0 Å². The Morgan fingerprint density at radius 3 is 2.63 bits per heavy atom. The standard InChI is InChI=1S/C15H16O4/c1-4-15-6-5-10-8(2)14(17)19-12(10)11(15)9(3)13(16)18-7-15/h4,10-12H,1-3,5-7H2/t10-,11-,12+,15-/m1/s1. The summed E-state index contributed by atoms with van der Waals surface area (Å²) in [6, 6.07) is 0. The Morgan fingerprint density at radius 1 is 1.21 bits per heavy atom. The van der Waals surface area contributed by atoms with Gasteiger partial charge in [0.05, 0.1) is 0 Å². The lowest BCUT2D eigenvalue weighted by molar-refractivity contribution is -0.161. The third kappa shape index (κ3) is 1.46. The van der Waals surface area contributed by atoms with Gasteiger partial charge in [-0.05, 0) is 12.8 Å². The van der Waals surface area contributed by atoms with E-state index in [1.165, 1.54) is 0 Å². The Morgan fingerprint density at radius 2 is 1.95 bits per heavy atom. The zero-order valence-electron chi connectivity index (χ0n) is 10.7. The summed E-state index contributed by atoms with van der Waals surface area (Å²) in [6.07, 6.45) is 3.06. The molecular weight excluding hydrogens is 244 g/mol. The maximum absolute atomic E-state index is 11.7. The van der Waals surface area contributed by atoms with Gasteiger partial charge in [-0.2, -0.15) is 0 Å². The zero-order valence-corrected chi connectivity index (χ0v) is 10.7. The molecule has 4 nitrogen and oxygen atoms in total. The number of cyclic esters (lactones) is 1. The molecule has 2 heterocycles. The second-order valence-corrected chi connectivity index (χ2v) is 5.56. The molecule has 2 saturated heterocycles. The first-order valence-electron chi connectivity index (χ1n) is 6.39. The normalized spacial score (nSPS) is 41.2. The average molecular weight is 260 g/mol. The fraction of sp³-hybridized carbons (Fsp3) is 0.467. The molecule has 3 rings (SSSR count). The van der Waals surface area contributed by atoms with Crippen molar-refractivity contribution in [3.8, 4) is 0 Å². The second kappa shape index (κ2) is 3.83. The number of esters is 2. The summed E-state index contributed by atoms with van der Waals surface area (Å²) >= 11 is 0. The predicted molar refractivity (Wildman–Crippen MR) is 68.0 cm³/mol. The Bertz CT molecular complexity index is 518. The van der Waals surface area contributed by atoms with Crippen LogP contribution in [0.4, 0.5) is 0 Å². The maximum Gasteiger partial charge on any atom is 0.334 e. The van der Waals surface area contributed by atoms with E-state index in [0.717, 1.165) is 12.8 Å². The molecule has 100 valence electrons. The number of hydrogen-bond donors (Lipinski definition) is 0. The topological polar surface area (TPSA) is 52.6 Å². The van der Waals surface area contributed by atoms with Gasteiger partial charge in [-0.15, -0.1) is 6.58 Å². The third-order valence-electron chi connectivity index (χ3n) is 4.73. The van der Waals surface area contributed by atoms with Crippen LogP contribution >= 0.6 is 0 Å². The minimum atomic E-state index is -0.406. The van der Waals surface area contributed by atoms with E-state index in [0.29, 0.717) is 11.1 Å². The van der Waals surface area contributed by atoms with E-state index < -0.39 is 5.97 Å². The van der Waals surface area contributed by atoms with Gasteiger partial charge in [0.2, 0.25) is 0 Å². The first kappa shape index (κ1) is 12.2. The van der Waals surface area contributed by atoms with Crippen LogP contribution in [0, 0.1) is 17.3 Å². The number of ether oxygens (including phenoxy) is 2. The molecule has 1 saturated carbocycles. The van der Waals surface area contributed by atoms with E-state index in [1.54, 1.807) is 0 Å². The van der Waals surface area contributed by atoms with E-state index >= 15 is 0 Å². The summed E-state index contributed by atoms with van der Waals surface area (Å²) in [5, 5.41) is 0. The SMILES string of the molecule is C=C[C@]12CC[C@@H]3C(=C)C(=O)O[C@@H]3[C@H]1C(=C)C(=O)OC2. The van der Waals surface area contributed by atoms with E-state index in [-0.39, 0.29) is 35.9 Å². The van der Waals surface area contributed by atoms with E-state index in [9.17, 15) is 9.59 Å². The lowest BCUT2D eigenvalue weighted by Crippen LogP contribution is -2.52. The molecule has 4 heteroatoms. The maximum atomic E-state index is 11.7. The van der Waals surface area contributed by atoms with Crippen molar-refractivity contribution in [2.75, 3.05) is 6.61 Å². The molecule has 0 bridgehead atoms. The average Bonchev–Trinajstić information content (AvgIpc) is 2.69. The van der Waals surface area contributed by atoms with Gasteiger partial charge in [-0.1, -0.05) is 19.2 Å². The molecule has 0 aromatic heterocycles. The molecule has 3 fully saturated rings. The number of rotatable bonds is 1. The Kier molecular flexibility index (Phi) is 2.46. The highest BCUT2D eigenvalue weighted by Gasteiger charge is 2.58. The molecule has 3 aliphatic rings. The molecule has 4 atom stereocenters. The highest BCUT2D eigenvalue weighted by molar-refractivity contribution is 5.93. The molecule has 1 aliphatic carbocycles. The summed E-state index contributed by atoms with van der Waals surface area (Å²) in [7, 11) is 0. The van der Waals surface area contributed by atoms with Crippen LogP contribution < -0.4 is 0 Å². The third-order valence-corrected chi connectivity index (χ3v) is 4.73. The van der Waals surface area contributed by atoms with E-state index in [1.807, 2.05) is 6.08 Å². The molecule has 0 aromatic carbocycles. The fourth-order valence-corrected chi connectivity index (χ4v) is 3.59. The van der Waals surface area contributed by atoms with Gasteiger partial charge in [0, 0.05) is 28.4 Å². The lowest BCUT2D eigenvalue weighted by Gasteiger charge is -2.48. The van der Waals surface area contributed by atoms with E-state index in [4.69, 9.17) is 9.47 Å². The fourth-order valence-electron chi connectivity index (χ4n) is 3.59. The van der Waals surface area contributed by atoms with Gasteiger partial charge >= 0.3 is 11.9 Å². The van der Waals surface area contributed by atoms with Crippen molar-refractivity contribution in [1.82, 2.24) is 0 Å². The van der Waals surface area contributed by atoms with Crippen molar-refractivity contribution in [2.24, 2.45) is 17.3 Å². The second-order valence-electron chi connectivity index (χ2n) is 5.56. The highest BCUT2D eigenvalue weighted by atomic mass is 16.6. The minimum Gasteiger partial charge on any atom is -0.461 e. The Labute approximate surface area is 111 Å². The lowest BCUT2D eigenvalue weighted by atomic mass is 9.58. The Balaban J connectivity index is 2.05. The van der Waals surface area contributed by atoms with Crippen LogP contribution in [0.1, 0.15) is 12.8 Å². The van der Waals surface area contributed by atoms with E-state index in [2.05, 4.69) is 19.7 Å². The number of fused-ring (bicyclic) bond motifs is 3. The summed E-state index contributed by atoms with van der Waals surface area (Å²) in [6.45, 7) is 11.8. The first-order chi connectivity index (χ1) is 9.00. The van der Waals surface area contributed by atoms with Gasteiger partial charge in [0.25, 0.3) is 0 Å². The van der Waals surface area contributed by atoms with Crippen molar-refractivity contribution < 1.29 is 19.1 Å². The molecule has 0 amide bonds. The summed E-state index contributed by atoms with van der Waals surface area (Å²) < 4.78 is 10.6. The number of carbonyl (C=O) groups is 2. The quantitative estimate of drug-likeness (QED) is 0.409. The molecule has 0 radical (unpaired) electrons. The highest BCUT2D eigenvalue weighted by Crippen LogP contribution is 2.54. The smallest absolute Gasteiger partial charge is 0.334 e. The molecule has 0 aromatic rings. The van der Waals surface area contributed by atoms with Crippen LogP contribution in [-0.2, 0) is 19.1 Å². The Hall–Kier alpha value is -1.84. The van der Waals surface area contributed by atoms with Gasteiger partial charge < -0.3 is 9.47 Å². The summed E-state index contributed by atoms with van der Waals surface area (Å²) in [4.78, 5) is 23.4. The molecule has 0 spiro atoms. The van der Waals surface area contributed by atoms with Gasteiger partial charge in [0.15, 0.2) is 0 Å². The monoisotopic (exact) mass is 260 g/mol. The zero-order chi connectivity index (χ0) is 13.8. The van der Waals surface area contributed by atoms with Crippen molar-refractivity contribution in [2.45, 2.75) is 18.9 Å². The van der Waals surface area contributed by atoms with Crippen LogP contribution in [-0.4, -0.2) is 24.6 Å². The number of hydrogen-bond acceptors (Lipinski definition) is 4. The van der Waals surface area contributed by atoms with Crippen molar-refractivity contribution in [3.05, 3.63) is 37.0 Å². The van der Waals surface area contributed by atoms with Crippen LogP contribution in [0.2, 0.25) is 0 Å². The summed E-state index contributed by atoms with van der Waals surface area (Å²) in [5.41, 5.74) is 0.523. The van der Waals surface area contributed by atoms with Crippen LogP contribution in [0.3, 0.4) is 0 Å². The summed E-state index contributed by atoms with van der Waals surface area (Å²) in [5.74, 6) is -1.03. The molecule has 2 aliphatic heterocycles. The molecule has 19 heavy (non-hydrogen) atoms. The van der Waals surface area contributed by atoms with Crippen molar-refractivity contribution >= 4 is 11.9 Å². The largest absolute Gasteiger partial charge is 0.461 e. The van der Waals surface area contributed by atoms with Crippen molar-refractivity contribution in [3.63, 3.8) is 0 Å². The van der Waals surface area contributed by atoms with Crippen LogP contribution in [0.25, 0.3) is 0 Å². The van der Waals surface area contributed by atoms with Gasteiger partial charge in [0.1, 0.15) is 12.7 Å². The molecule has 0 unspecified atom stereocenters. The van der Waals surface area contributed by atoms with Gasteiger partial charge in [-0.25, -0.2) is 9.59 Å². The first-order valence-corrected chi connectivity index (χ1v) is 6.39. The minimum absolute atomic E-state index is 0.0202. The predicted octanol–water partition coefficient (Wildman–Crippen LogP) is 1.78. The molecular formula is C15H16O4. The molecule has 0 N–H and O–H groups in total. The number of carbonyl (C=O) groups excluding carboxylic acids is 2. The van der Waals surface area contributed by atoms with Gasteiger partial charge in [-0.3, -0.25) is 0 Å².